The monoisotopic (exact) mass is 387 g/mol. The van der Waals surface area contributed by atoms with Crippen LogP contribution in [0.2, 0.25) is 0 Å². The van der Waals surface area contributed by atoms with Crippen LogP contribution < -0.4 is 14.6 Å². The van der Waals surface area contributed by atoms with E-state index in [4.69, 9.17) is 4.74 Å². The van der Waals surface area contributed by atoms with Gasteiger partial charge in [0, 0.05) is 17.1 Å². The molecular formula is C19H19N2O5S-. The first-order valence-corrected chi connectivity index (χ1v) is 9.90. The topological polar surface area (TPSA) is 111 Å². The van der Waals surface area contributed by atoms with Crippen LogP contribution in [0.4, 0.5) is 0 Å². The van der Waals surface area contributed by atoms with Crippen molar-refractivity contribution in [2.45, 2.75) is 24.3 Å². The summed E-state index contributed by atoms with van der Waals surface area (Å²) in [4.78, 5) is 14.5. The van der Waals surface area contributed by atoms with E-state index in [9.17, 15) is 18.3 Å². The number of aromatic amines is 1. The van der Waals surface area contributed by atoms with E-state index in [2.05, 4.69) is 9.71 Å². The summed E-state index contributed by atoms with van der Waals surface area (Å²) in [6.07, 6.45) is 1.63. The molecule has 0 aliphatic rings. The molecule has 0 spiro atoms. The van der Waals surface area contributed by atoms with Gasteiger partial charge in [-0.05, 0) is 49.2 Å². The Morgan fingerprint density at radius 2 is 1.89 bits per heavy atom. The van der Waals surface area contributed by atoms with Gasteiger partial charge in [0.25, 0.3) is 0 Å². The van der Waals surface area contributed by atoms with Crippen molar-refractivity contribution >= 4 is 26.9 Å². The average molecular weight is 387 g/mol. The molecule has 0 bridgehead atoms. The van der Waals surface area contributed by atoms with Crippen LogP contribution in [0.3, 0.4) is 0 Å². The van der Waals surface area contributed by atoms with Crippen molar-refractivity contribution in [1.82, 2.24) is 9.71 Å². The fourth-order valence-electron chi connectivity index (χ4n) is 2.83. The van der Waals surface area contributed by atoms with E-state index in [-0.39, 0.29) is 11.3 Å². The number of carbonyl (C=O) groups is 1. The van der Waals surface area contributed by atoms with Crippen LogP contribution in [0.25, 0.3) is 10.9 Å². The third-order valence-corrected chi connectivity index (χ3v) is 5.61. The van der Waals surface area contributed by atoms with Crippen LogP contribution in [0, 0.1) is 0 Å². The Kier molecular flexibility index (Phi) is 5.48. The van der Waals surface area contributed by atoms with E-state index in [1.54, 1.807) is 6.20 Å². The van der Waals surface area contributed by atoms with Crippen LogP contribution in [0.1, 0.15) is 12.5 Å². The third-order valence-electron chi connectivity index (χ3n) is 4.13. The highest BCUT2D eigenvalue weighted by molar-refractivity contribution is 7.89. The Morgan fingerprint density at radius 3 is 2.56 bits per heavy atom. The summed E-state index contributed by atoms with van der Waals surface area (Å²) < 4.78 is 32.6. The first kappa shape index (κ1) is 18.9. The lowest BCUT2D eigenvalue weighted by molar-refractivity contribution is -0.307. The fourth-order valence-corrected chi connectivity index (χ4v) is 4.02. The molecule has 1 heterocycles. The Balaban J connectivity index is 1.82. The lowest BCUT2D eigenvalue weighted by Gasteiger charge is -2.19. The predicted octanol–water partition coefficient (Wildman–Crippen LogP) is 1.21. The lowest BCUT2D eigenvalue weighted by atomic mass is 10.1. The van der Waals surface area contributed by atoms with Gasteiger partial charge in [-0.25, -0.2) is 13.1 Å². The summed E-state index contributed by atoms with van der Waals surface area (Å²) in [5.41, 5.74) is 1.54. The highest BCUT2D eigenvalue weighted by Crippen LogP contribution is 2.20. The van der Waals surface area contributed by atoms with Gasteiger partial charge in [-0.3, -0.25) is 0 Å². The number of ether oxygens (including phenoxy) is 1. The van der Waals surface area contributed by atoms with Crippen molar-refractivity contribution in [1.29, 1.82) is 0 Å². The van der Waals surface area contributed by atoms with Crippen LogP contribution in [0.5, 0.6) is 5.75 Å². The van der Waals surface area contributed by atoms with Crippen molar-refractivity contribution in [3.63, 3.8) is 0 Å². The second kappa shape index (κ2) is 7.81. The Labute approximate surface area is 157 Å². The van der Waals surface area contributed by atoms with Gasteiger partial charge in [-0.1, -0.05) is 18.2 Å². The van der Waals surface area contributed by atoms with Crippen LogP contribution in [0.15, 0.2) is 59.6 Å². The number of hydrogen-bond acceptors (Lipinski definition) is 5. The van der Waals surface area contributed by atoms with Gasteiger partial charge in [-0.15, -0.1) is 0 Å². The van der Waals surface area contributed by atoms with Gasteiger partial charge >= 0.3 is 0 Å². The summed E-state index contributed by atoms with van der Waals surface area (Å²) in [6, 6.07) is 11.8. The summed E-state index contributed by atoms with van der Waals surface area (Å²) >= 11 is 0. The molecule has 3 rings (SSSR count). The Hall–Kier alpha value is -2.84. The minimum atomic E-state index is -4.03. The number of benzene rings is 2. The van der Waals surface area contributed by atoms with E-state index in [1.165, 1.54) is 24.3 Å². The third kappa shape index (κ3) is 4.29. The minimum absolute atomic E-state index is 0.0391. The van der Waals surface area contributed by atoms with Crippen LogP contribution in [-0.4, -0.2) is 32.0 Å². The summed E-state index contributed by atoms with van der Waals surface area (Å²) in [5.74, 6) is -0.957. The number of carboxylic acid groups (broad SMARTS) is 1. The molecule has 7 nitrogen and oxygen atoms in total. The van der Waals surface area contributed by atoms with Gasteiger partial charge in [0.05, 0.1) is 23.5 Å². The number of rotatable bonds is 8. The number of H-pyrrole nitrogens is 1. The standard InChI is InChI=1S/C19H20N2O5S/c1-2-26-14-7-9-15(10-8-14)27(24,25)21-18(19(22)23)11-13-12-20-17-6-4-3-5-16(13)17/h3-10,12,18,20-21H,2,11H2,1H3,(H,22,23)/p-1/t18-/m0/s1. The maximum absolute atomic E-state index is 12.6. The summed E-state index contributed by atoms with van der Waals surface area (Å²) in [5, 5.41) is 12.4. The molecule has 1 atom stereocenters. The van der Waals surface area contributed by atoms with Crippen molar-refractivity contribution in [3.05, 3.63) is 60.3 Å². The molecule has 3 aromatic rings. The number of aliphatic carboxylic acids is 1. The number of hydrogen-bond donors (Lipinski definition) is 2. The number of carboxylic acids is 1. The molecule has 0 aliphatic heterocycles. The van der Waals surface area contributed by atoms with E-state index < -0.39 is 22.0 Å². The first-order valence-electron chi connectivity index (χ1n) is 8.41. The first-order chi connectivity index (χ1) is 12.9. The van der Waals surface area contributed by atoms with Crippen LogP contribution >= 0.6 is 0 Å². The van der Waals surface area contributed by atoms with Gasteiger partial charge in [0.1, 0.15) is 5.75 Å². The Bertz CT molecular complexity index is 1040. The number of nitrogens with one attached hydrogen (secondary N) is 2. The van der Waals surface area contributed by atoms with Crippen molar-refractivity contribution < 1.29 is 23.1 Å². The van der Waals surface area contributed by atoms with E-state index >= 15 is 0 Å². The highest BCUT2D eigenvalue weighted by atomic mass is 32.2. The normalized spacial score (nSPS) is 12.8. The lowest BCUT2D eigenvalue weighted by Crippen LogP contribution is -2.49. The minimum Gasteiger partial charge on any atom is -0.548 e. The van der Waals surface area contributed by atoms with Gasteiger partial charge < -0.3 is 19.6 Å². The van der Waals surface area contributed by atoms with E-state index in [1.807, 2.05) is 31.2 Å². The number of para-hydroxylation sites is 1. The maximum atomic E-state index is 12.6. The van der Waals surface area contributed by atoms with Crippen molar-refractivity contribution in [2.24, 2.45) is 0 Å². The molecule has 0 amide bonds. The molecule has 2 N–H and O–H groups in total. The zero-order valence-electron chi connectivity index (χ0n) is 14.6. The predicted molar refractivity (Wildman–Crippen MR) is 98.7 cm³/mol. The van der Waals surface area contributed by atoms with Gasteiger partial charge in [0.2, 0.25) is 10.0 Å². The highest BCUT2D eigenvalue weighted by Gasteiger charge is 2.22. The second-order valence-electron chi connectivity index (χ2n) is 5.96. The zero-order valence-corrected chi connectivity index (χ0v) is 15.5. The molecule has 27 heavy (non-hydrogen) atoms. The molecule has 0 unspecified atom stereocenters. The number of fused-ring (bicyclic) bond motifs is 1. The number of carbonyl (C=O) groups excluding carboxylic acids is 1. The largest absolute Gasteiger partial charge is 0.548 e. The zero-order chi connectivity index (χ0) is 19.4. The summed E-state index contributed by atoms with van der Waals surface area (Å²) in [6.45, 7) is 2.28. The van der Waals surface area contributed by atoms with Gasteiger partial charge in [-0.2, -0.15) is 0 Å². The van der Waals surface area contributed by atoms with Gasteiger partial charge in [0.15, 0.2) is 0 Å². The van der Waals surface area contributed by atoms with E-state index in [0.717, 1.165) is 10.9 Å². The molecule has 142 valence electrons. The average Bonchev–Trinajstić information content (AvgIpc) is 3.05. The molecule has 0 saturated carbocycles. The summed E-state index contributed by atoms with van der Waals surface area (Å²) in [7, 11) is -4.03. The quantitative estimate of drug-likeness (QED) is 0.603. The smallest absolute Gasteiger partial charge is 0.241 e. The molecule has 0 aliphatic carbocycles. The van der Waals surface area contributed by atoms with E-state index in [0.29, 0.717) is 17.9 Å². The second-order valence-corrected chi connectivity index (χ2v) is 7.67. The number of aromatic nitrogens is 1. The SMILES string of the molecule is CCOc1ccc(S(=O)(=O)N[C@@H](Cc2c[nH]c3ccccc23)C(=O)[O-])cc1. The number of sulfonamides is 1. The molecule has 0 saturated heterocycles. The molecular weight excluding hydrogens is 368 g/mol. The molecule has 2 aromatic carbocycles. The molecule has 0 radical (unpaired) electrons. The maximum Gasteiger partial charge on any atom is 0.241 e. The van der Waals surface area contributed by atoms with Crippen molar-refractivity contribution in [3.8, 4) is 5.75 Å². The van der Waals surface area contributed by atoms with Crippen molar-refractivity contribution in [2.75, 3.05) is 6.61 Å². The Morgan fingerprint density at radius 1 is 1.19 bits per heavy atom. The molecule has 0 fully saturated rings. The fraction of sp³-hybridized carbons (Fsp3) is 0.211. The molecule has 1 aromatic heterocycles. The van der Waals surface area contributed by atoms with Crippen LogP contribution in [-0.2, 0) is 21.2 Å². The molecule has 8 heteroatoms.